The van der Waals surface area contributed by atoms with E-state index in [-0.39, 0.29) is 29.0 Å². The molecule has 0 fully saturated rings. The molecular formula is C28H27N5O3. The van der Waals surface area contributed by atoms with Gasteiger partial charge in [-0.2, -0.15) is 9.78 Å². The molecule has 1 aliphatic rings. The van der Waals surface area contributed by atoms with Crippen LogP contribution in [0.3, 0.4) is 0 Å². The number of anilines is 1. The summed E-state index contributed by atoms with van der Waals surface area (Å²) in [6.45, 7) is 11.5. The van der Waals surface area contributed by atoms with Gasteiger partial charge in [0, 0.05) is 23.1 Å². The summed E-state index contributed by atoms with van der Waals surface area (Å²) in [5.74, 6) is -0.0831. The molecule has 5 rings (SSSR count). The maximum atomic E-state index is 13.2. The first-order valence-electron chi connectivity index (χ1n) is 11.8. The monoisotopic (exact) mass is 481 g/mol. The fourth-order valence-electron chi connectivity index (χ4n) is 4.76. The van der Waals surface area contributed by atoms with Crippen LogP contribution in [0.2, 0.25) is 0 Å². The number of rotatable bonds is 4. The highest BCUT2D eigenvalue weighted by molar-refractivity contribution is 6.22. The molecule has 8 nitrogen and oxygen atoms in total. The van der Waals surface area contributed by atoms with Crippen molar-refractivity contribution < 1.29 is 14.4 Å². The molecular weight excluding hydrogens is 454 g/mol. The van der Waals surface area contributed by atoms with Crippen LogP contribution in [0.4, 0.5) is 5.82 Å². The molecule has 2 aromatic heterocycles. The molecule has 182 valence electrons. The Morgan fingerprint density at radius 3 is 2.33 bits per heavy atom. The van der Waals surface area contributed by atoms with E-state index >= 15 is 0 Å². The quantitative estimate of drug-likeness (QED) is 0.418. The van der Waals surface area contributed by atoms with Crippen LogP contribution in [0.15, 0.2) is 42.5 Å². The molecule has 0 bridgehead atoms. The minimum Gasteiger partial charge on any atom is -0.306 e. The maximum absolute atomic E-state index is 13.2. The number of imide groups is 1. The molecule has 3 heterocycles. The van der Waals surface area contributed by atoms with Gasteiger partial charge in [0.2, 0.25) is 0 Å². The Morgan fingerprint density at radius 1 is 0.889 bits per heavy atom. The molecule has 2 aromatic carbocycles. The van der Waals surface area contributed by atoms with Crippen LogP contribution in [0.25, 0.3) is 16.7 Å². The Bertz CT molecular complexity index is 1600. The van der Waals surface area contributed by atoms with E-state index in [0.29, 0.717) is 22.9 Å². The Balaban J connectivity index is 1.50. The lowest BCUT2D eigenvalue weighted by Gasteiger charge is -2.17. The van der Waals surface area contributed by atoms with E-state index in [0.717, 1.165) is 22.0 Å². The second kappa shape index (κ2) is 8.41. The van der Waals surface area contributed by atoms with Crippen molar-refractivity contribution in [1.82, 2.24) is 19.7 Å². The molecule has 1 N–H and O–H groups in total. The largest absolute Gasteiger partial charge is 0.306 e. The molecule has 0 atom stereocenters. The number of aryl methyl sites for hydroxylation is 4. The van der Waals surface area contributed by atoms with Gasteiger partial charge in [0.1, 0.15) is 5.82 Å². The summed E-state index contributed by atoms with van der Waals surface area (Å²) in [7, 11) is 0. The molecule has 0 aliphatic carbocycles. The van der Waals surface area contributed by atoms with E-state index in [9.17, 15) is 14.4 Å². The summed E-state index contributed by atoms with van der Waals surface area (Å²) in [6, 6.07) is 12.2. The Kier molecular flexibility index (Phi) is 5.47. The number of hydrogen-bond donors (Lipinski definition) is 1. The van der Waals surface area contributed by atoms with Gasteiger partial charge in [-0.05, 0) is 83.0 Å². The third-order valence-electron chi connectivity index (χ3n) is 6.43. The van der Waals surface area contributed by atoms with Gasteiger partial charge in [-0.3, -0.25) is 19.3 Å². The van der Waals surface area contributed by atoms with Crippen molar-refractivity contribution in [3.63, 3.8) is 0 Å². The number of fused-ring (bicyclic) bond motifs is 2. The van der Waals surface area contributed by atoms with Gasteiger partial charge < -0.3 is 5.32 Å². The number of amides is 3. The predicted octanol–water partition coefficient (Wildman–Crippen LogP) is 4.91. The number of carbonyl (C=O) groups is 3. The summed E-state index contributed by atoms with van der Waals surface area (Å²) in [6.07, 6.45) is 0. The average Bonchev–Trinajstić information content (AvgIpc) is 3.30. The van der Waals surface area contributed by atoms with Gasteiger partial charge in [0.05, 0.1) is 22.3 Å². The molecule has 3 amide bonds. The topological polar surface area (TPSA) is 97.2 Å². The molecule has 8 heteroatoms. The fourth-order valence-corrected chi connectivity index (χ4v) is 4.76. The van der Waals surface area contributed by atoms with Gasteiger partial charge in [-0.15, -0.1) is 0 Å². The van der Waals surface area contributed by atoms with E-state index in [1.165, 1.54) is 22.6 Å². The summed E-state index contributed by atoms with van der Waals surface area (Å²) in [5.41, 5.74) is 5.73. The summed E-state index contributed by atoms with van der Waals surface area (Å²) >= 11 is 0. The van der Waals surface area contributed by atoms with E-state index < -0.39 is 5.91 Å². The summed E-state index contributed by atoms with van der Waals surface area (Å²) in [5, 5.41) is 8.55. The standard InChI is InChI=1S/C28H27N5O3/c1-14(2)32-27(35)20-8-7-19(13-22(20)28(32)36)26(34)30-24-12-18(6)31-33(24)23-11-16(4)21-10-15(3)9-17(5)25(21)29-23/h7-14H,1-6H3,(H,30,34). The lowest BCUT2D eigenvalue weighted by atomic mass is 10.0. The van der Waals surface area contributed by atoms with Crippen molar-refractivity contribution in [1.29, 1.82) is 0 Å². The van der Waals surface area contributed by atoms with E-state index in [1.54, 1.807) is 30.7 Å². The zero-order chi connectivity index (χ0) is 25.9. The fraction of sp³-hybridized carbons (Fsp3) is 0.250. The lowest BCUT2D eigenvalue weighted by molar-refractivity contribution is 0.0609. The number of carbonyl (C=O) groups excluding carboxylic acids is 3. The highest BCUT2D eigenvalue weighted by Gasteiger charge is 2.37. The number of nitrogens with one attached hydrogen (secondary N) is 1. The molecule has 36 heavy (non-hydrogen) atoms. The zero-order valence-corrected chi connectivity index (χ0v) is 21.1. The summed E-state index contributed by atoms with van der Waals surface area (Å²) < 4.78 is 1.61. The SMILES string of the molecule is Cc1cc(C)c2nc(-n3nc(C)cc3NC(=O)c3ccc4c(c3)C(=O)N(C(C)C)C4=O)cc(C)c2c1. The van der Waals surface area contributed by atoms with E-state index in [4.69, 9.17) is 4.98 Å². The van der Waals surface area contributed by atoms with Gasteiger partial charge in [0.15, 0.2) is 5.82 Å². The van der Waals surface area contributed by atoms with E-state index in [2.05, 4.69) is 29.5 Å². The minimum atomic E-state index is -0.411. The second-order valence-corrected chi connectivity index (χ2v) is 9.65. The van der Waals surface area contributed by atoms with Crippen LogP contribution in [0, 0.1) is 27.7 Å². The first kappa shape index (κ1) is 23.4. The zero-order valence-electron chi connectivity index (χ0n) is 21.1. The van der Waals surface area contributed by atoms with Crippen molar-refractivity contribution in [3.8, 4) is 5.82 Å². The van der Waals surface area contributed by atoms with Crippen LogP contribution in [-0.2, 0) is 0 Å². The smallest absolute Gasteiger partial charge is 0.261 e. The van der Waals surface area contributed by atoms with Crippen molar-refractivity contribution in [3.05, 3.63) is 81.5 Å². The van der Waals surface area contributed by atoms with Gasteiger partial charge >= 0.3 is 0 Å². The Hall–Kier alpha value is -4.33. The summed E-state index contributed by atoms with van der Waals surface area (Å²) in [4.78, 5) is 44.6. The van der Waals surface area contributed by atoms with Crippen molar-refractivity contribution in [2.75, 3.05) is 5.32 Å². The third kappa shape index (κ3) is 3.75. The molecule has 0 radical (unpaired) electrons. The molecule has 0 saturated heterocycles. The second-order valence-electron chi connectivity index (χ2n) is 9.65. The van der Waals surface area contributed by atoms with Crippen LogP contribution in [0.1, 0.15) is 67.3 Å². The number of hydrogen-bond acceptors (Lipinski definition) is 5. The number of benzene rings is 2. The molecule has 4 aromatic rings. The van der Waals surface area contributed by atoms with Crippen LogP contribution in [-0.4, -0.2) is 43.4 Å². The maximum Gasteiger partial charge on any atom is 0.261 e. The number of nitrogens with zero attached hydrogens (tertiary/aromatic N) is 4. The van der Waals surface area contributed by atoms with Crippen molar-refractivity contribution in [2.24, 2.45) is 0 Å². The average molecular weight is 482 g/mol. The molecule has 0 unspecified atom stereocenters. The van der Waals surface area contributed by atoms with Crippen molar-refractivity contribution in [2.45, 2.75) is 47.6 Å². The highest BCUT2D eigenvalue weighted by atomic mass is 16.2. The Labute approximate surface area is 208 Å². The van der Waals surface area contributed by atoms with Crippen LogP contribution in [0.5, 0.6) is 0 Å². The first-order chi connectivity index (χ1) is 17.0. The van der Waals surface area contributed by atoms with Crippen LogP contribution < -0.4 is 5.32 Å². The van der Waals surface area contributed by atoms with Gasteiger partial charge in [0.25, 0.3) is 17.7 Å². The first-order valence-corrected chi connectivity index (χ1v) is 11.8. The minimum absolute atomic E-state index is 0.239. The molecule has 0 saturated carbocycles. The number of pyridine rings is 1. The predicted molar refractivity (Wildman–Crippen MR) is 138 cm³/mol. The van der Waals surface area contributed by atoms with Crippen molar-refractivity contribution >= 4 is 34.4 Å². The van der Waals surface area contributed by atoms with Gasteiger partial charge in [-0.25, -0.2) is 4.98 Å². The number of aromatic nitrogens is 3. The van der Waals surface area contributed by atoms with Crippen LogP contribution >= 0.6 is 0 Å². The Morgan fingerprint density at radius 2 is 1.61 bits per heavy atom. The molecule has 1 aliphatic heterocycles. The lowest BCUT2D eigenvalue weighted by Crippen LogP contribution is -2.35. The molecule has 0 spiro atoms. The van der Waals surface area contributed by atoms with Gasteiger partial charge in [-0.1, -0.05) is 11.6 Å². The normalized spacial score (nSPS) is 13.1. The van der Waals surface area contributed by atoms with E-state index in [1.807, 2.05) is 26.8 Å². The third-order valence-corrected chi connectivity index (χ3v) is 6.43. The highest BCUT2D eigenvalue weighted by Crippen LogP contribution is 2.28.